The number of ketones is 3. The average molecular weight is 1920 g/mol. The standard InChI is InChI=1S/C34H36N2O11.C33H31F2NO11.C33H33NO11/c1-17-24(44-32-27(39)29(46-33(36)41)30(42-4)34(2,3)47-32)13-12-21-26(38)22(31(40)45-28(17)21)15-23(37)18-10-11-19(16-35)25(14-18)43-20-8-6-5-7-9-20;1-15-23(44-31-26(39)28(46-32(36)41)29(42-4)33(2,3)47-31)12-10-19-25(38)20(30(40)45-27(15)19)14-22(37)16-5-11-21(35)24(13-16)43-18-8-6-17(34)7-9-18;1-17-24(42-31-26(37)28(44-32(34)39)29(40-4)33(2,3)45-31)15-14-21-25(36)22(30(38)43-27(17)21)16-23(35)18-10-12-20(13-11-18)41-19-8-6-5-7-9-19/h5-14,27,29-30,32,38-39H,15-16,35H2,1-4H3,(H2,36,41);5-13,26,28-29,31,38-39H,14H2,1-4H3,(H2,36,41);5-15,26,28-29,31,36-37H,16H2,1-4H3,(H2,34,39)/t27-,29+,30-,32-;2*26-,28+,29-,31-/m111/s1. The number of para-hydroxylation sites is 2. The smallest absolute Gasteiger partial charge is 0.404 e. The molecule has 3 fully saturated rings. The molecule has 37 nitrogen and oxygen atoms in total. The Hall–Kier alpha value is -14.9. The largest absolute Gasteiger partial charge is 0.507 e. The molecule has 3 amide bonds. The van der Waals surface area contributed by atoms with Crippen molar-refractivity contribution in [3.63, 3.8) is 0 Å². The van der Waals surface area contributed by atoms with Crippen molar-refractivity contribution in [2.24, 2.45) is 22.9 Å². The van der Waals surface area contributed by atoms with E-state index in [1.165, 1.54) is 82.9 Å². The Morgan fingerprint density at radius 1 is 0.381 bits per heavy atom. The van der Waals surface area contributed by atoms with E-state index in [2.05, 4.69) is 0 Å². The number of benzene rings is 9. The lowest BCUT2D eigenvalue weighted by molar-refractivity contribution is -0.304. The minimum absolute atomic E-state index is 0.00342. The van der Waals surface area contributed by atoms with Crippen molar-refractivity contribution in [2.45, 2.75) is 179 Å². The van der Waals surface area contributed by atoms with Crippen LogP contribution in [-0.4, -0.2) is 178 Å². The number of hydrogen-bond acceptors (Lipinski definition) is 34. The van der Waals surface area contributed by atoms with Crippen molar-refractivity contribution in [1.29, 1.82) is 0 Å². The summed E-state index contributed by atoms with van der Waals surface area (Å²) in [4.78, 5) is 113. The lowest BCUT2D eigenvalue weighted by Crippen LogP contribution is -2.65. The molecule has 0 bridgehead atoms. The maximum absolute atomic E-state index is 14.4. The van der Waals surface area contributed by atoms with Crippen molar-refractivity contribution in [2.75, 3.05) is 21.3 Å². The highest BCUT2D eigenvalue weighted by Gasteiger charge is 2.56. The molecule has 0 spiro atoms. The number of Topliss-reactive ketones (excluding diaryl/α,β-unsaturated/α-hetero) is 3. The molecule has 0 aliphatic carbocycles. The summed E-state index contributed by atoms with van der Waals surface area (Å²) in [5, 5.41) is 66.5. The molecular weight excluding hydrogens is 1820 g/mol. The van der Waals surface area contributed by atoms with Gasteiger partial charge in [-0.1, -0.05) is 48.5 Å². The fourth-order valence-electron chi connectivity index (χ4n) is 16.4. The van der Waals surface area contributed by atoms with Gasteiger partial charge in [-0.15, -0.1) is 0 Å². The van der Waals surface area contributed by atoms with Crippen molar-refractivity contribution >= 4 is 68.5 Å². The van der Waals surface area contributed by atoms with E-state index in [1.807, 2.05) is 36.4 Å². The summed E-state index contributed by atoms with van der Waals surface area (Å²) in [7, 11) is 4.11. The molecule has 14 N–H and O–H groups in total. The molecule has 15 rings (SSSR count). The fourth-order valence-corrected chi connectivity index (χ4v) is 16.4. The molecule has 3 aromatic heterocycles. The summed E-state index contributed by atoms with van der Waals surface area (Å²) in [5.41, 5.74) is 16.6. The number of fused-ring (bicyclic) bond motifs is 3. The molecule has 12 aromatic rings. The van der Waals surface area contributed by atoms with Crippen LogP contribution in [0.5, 0.6) is 69.0 Å². The molecule has 39 heteroatoms. The number of ether oxygens (including phenoxy) is 15. The zero-order valence-corrected chi connectivity index (χ0v) is 76.8. The van der Waals surface area contributed by atoms with Crippen LogP contribution in [-0.2, 0) is 68.4 Å². The molecular formula is C100H100F2N4O33. The van der Waals surface area contributed by atoms with Crippen LogP contribution in [0.2, 0.25) is 0 Å². The highest BCUT2D eigenvalue weighted by Crippen LogP contribution is 2.44. The minimum atomic E-state index is -1.54. The van der Waals surface area contributed by atoms with E-state index < -0.39 is 191 Å². The van der Waals surface area contributed by atoms with Gasteiger partial charge in [0.15, 0.2) is 65.5 Å². The topological polar surface area (TPSA) is 557 Å². The zero-order valence-electron chi connectivity index (χ0n) is 76.8. The monoisotopic (exact) mass is 1920 g/mol. The molecule has 3 aliphatic rings. The summed E-state index contributed by atoms with van der Waals surface area (Å²) < 4.78 is 129. The third-order valence-corrected chi connectivity index (χ3v) is 23.4. The van der Waals surface area contributed by atoms with E-state index in [4.69, 9.17) is 107 Å². The Morgan fingerprint density at radius 3 is 1.03 bits per heavy atom. The number of rotatable bonds is 28. The van der Waals surface area contributed by atoms with Crippen molar-refractivity contribution < 1.29 is 152 Å². The van der Waals surface area contributed by atoms with E-state index in [-0.39, 0.29) is 102 Å². The van der Waals surface area contributed by atoms with Gasteiger partial charge in [0.2, 0.25) is 18.9 Å². The molecule has 0 unspecified atom stereocenters. The van der Waals surface area contributed by atoms with Crippen LogP contribution in [0.4, 0.5) is 23.2 Å². The second-order valence-electron chi connectivity index (χ2n) is 34.0. The van der Waals surface area contributed by atoms with E-state index in [1.54, 1.807) is 122 Å². The van der Waals surface area contributed by atoms with Crippen LogP contribution < -0.4 is 68.2 Å². The number of aryl methyl sites for hydroxylation is 3. The number of aromatic hydroxyl groups is 3. The minimum Gasteiger partial charge on any atom is -0.507 e. The first-order valence-corrected chi connectivity index (χ1v) is 43.0. The van der Waals surface area contributed by atoms with Crippen LogP contribution in [0.1, 0.15) is 112 Å². The van der Waals surface area contributed by atoms with E-state index in [0.29, 0.717) is 45.3 Å². The first kappa shape index (κ1) is 102. The van der Waals surface area contributed by atoms with Gasteiger partial charge in [0.25, 0.3) is 0 Å². The van der Waals surface area contributed by atoms with Gasteiger partial charge >= 0.3 is 35.2 Å². The zero-order chi connectivity index (χ0) is 101. The van der Waals surface area contributed by atoms with Crippen LogP contribution in [0.15, 0.2) is 210 Å². The summed E-state index contributed by atoms with van der Waals surface area (Å²) >= 11 is 0. The predicted molar refractivity (Wildman–Crippen MR) is 490 cm³/mol. The van der Waals surface area contributed by atoms with Gasteiger partial charge in [0.05, 0.1) is 49.7 Å². The SMILES string of the molecule is CO[C@@H]1[C@@H](OC(N)=O)[C@@H](O)[C@H](Oc2ccc3c(O)c(CC(=O)c4ccc(CN)c(Oc5ccccc5)c4)c(=O)oc3c2C)OC1(C)C.CO[C@@H]1[C@@H](OC(N)=O)[C@@H](O)[C@H](Oc2ccc3c(O)c(CC(=O)c4ccc(F)c(Oc5ccc(F)cc5)c4)c(=O)oc3c2C)OC1(C)C.CO[C@@H]1[C@@H](OC(N)=O)[C@@H](O)[C@H](Oc2ccc3c(O)c(CC(=O)c4ccc(Oc5ccccc5)cc4)c(=O)oc3c2C)OC1(C)C. The predicted octanol–water partition coefficient (Wildman–Crippen LogP) is 12.9. The number of nitrogens with two attached hydrogens (primary N) is 4. The maximum Gasteiger partial charge on any atom is 0.404 e. The molecule has 3 saturated heterocycles. The Labute approximate surface area is 789 Å². The summed E-state index contributed by atoms with van der Waals surface area (Å²) in [6.07, 6.45) is -19.8. The number of carbonyl (C=O) groups is 6. The fraction of sp³-hybridized carbons (Fsp3) is 0.310. The molecule has 6 heterocycles. The average Bonchev–Trinajstić information content (AvgIpc) is 0.762. The Balaban J connectivity index is 0.000000176. The van der Waals surface area contributed by atoms with Crippen LogP contribution in [0, 0.1) is 32.4 Å². The van der Waals surface area contributed by atoms with Crippen LogP contribution >= 0.6 is 0 Å². The number of aliphatic hydroxyl groups excluding tert-OH is 3. The highest BCUT2D eigenvalue weighted by atomic mass is 19.1. The van der Waals surface area contributed by atoms with Crippen molar-refractivity contribution in [3.05, 3.63) is 281 Å². The van der Waals surface area contributed by atoms with E-state index >= 15 is 0 Å². The lowest BCUT2D eigenvalue weighted by Gasteiger charge is -2.47. The van der Waals surface area contributed by atoms with Crippen LogP contribution in [0.3, 0.4) is 0 Å². The molecule has 732 valence electrons. The number of amides is 3. The van der Waals surface area contributed by atoms with E-state index in [9.17, 15) is 82.6 Å². The summed E-state index contributed by atoms with van der Waals surface area (Å²) in [6, 6.07) is 46.2. The van der Waals surface area contributed by atoms with Gasteiger partial charge in [-0.05, 0) is 196 Å². The van der Waals surface area contributed by atoms with Gasteiger partial charge in [0.1, 0.15) is 104 Å². The summed E-state index contributed by atoms with van der Waals surface area (Å²) in [5.74, 6) is -1.81. The second kappa shape index (κ2) is 42.4. The number of carbonyl (C=O) groups excluding carboxylic acids is 6. The van der Waals surface area contributed by atoms with Gasteiger partial charge < -0.3 is 138 Å². The third kappa shape index (κ3) is 22.5. The van der Waals surface area contributed by atoms with Crippen molar-refractivity contribution in [3.8, 4) is 69.0 Å². The normalized spacial score (nSPS) is 20.6. The van der Waals surface area contributed by atoms with Gasteiger partial charge in [-0.2, -0.15) is 0 Å². The quantitative estimate of drug-likeness (QED) is 0.0124. The first-order valence-electron chi connectivity index (χ1n) is 43.0. The molecule has 9 aromatic carbocycles. The number of primary amides is 3. The molecule has 3 aliphatic heterocycles. The summed E-state index contributed by atoms with van der Waals surface area (Å²) in [6.45, 7) is 14.8. The van der Waals surface area contributed by atoms with Gasteiger partial charge in [-0.25, -0.2) is 37.5 Å². The number of methoxy groups -OCH3 is 3. The maximum atomic E-state index is 14.4. The molecule has 12 atom stereocenters. The highest BCUT2D eigenvalue weighted by molar-refractivity contribution is 6.01. The Morgan fingerprint density at radius 2 is 0.683 bits per heavy atom. The molecule has 0 radical (unpaired) electrons. The Bertz CT molecular complexity index is 6790. The first-order chi connectivity index (χ1) is 65.9. The van der Waals surface area contributed by atoms with Gasteiger partial charge in [-0.3, -0.25) is 14.4 Å². The number of aliphatic hydroxyl groups is 3. The van der Waals surface area contributed by atoms with E-state index in [0.717, 1.165) is 24.3 Å². The lowest BCUT2D eigenvalue weighted by atomic mass is 9.89. The molecule has 139 heavy (non-hydrogen) atoms. The Kier molecular flexibility index (Phi) is 30.9. The van der Waals surface area contributed by atoms with Gasteiger partial charge in [0, 0.05) is 86.1 Å². The third-order valence-electron chi connectivity index (χ3n) is 23.4. The van der Waals surface area contributed by atoms with Crippen LogP contribution in [0.25, 0.3) is 32.9 Å². The molecule has 0 saturated carbocycles. The van der Waals surface area contributed by atoms with Crippen molar-refractivity contribution in [1.82, 2.24) is 0 Å². The number of halogens is 2. The second-order valence-corrected chi connectivity index (χ2v) is 34.0. The number of hydrogen-bond donors (Lipinski definition) is 10.